The van der Waals surface area contributed by atoms with Crippen LogP contribution in [-0.4, -0.2) is 11.4 Å². The molecule has 2 atom stereocenters. The van der Waals surface area contributed by atoms with Gasteiger partial charge in [-0.1, -0.05) is 24.3 Å². The number of methoxy groups -OCH3 is 1. The highest BCUT2D eigenvalue weighted by Gasteiger charge is 2.64. The molecule has 1 saturated carbocycles. The van der Waals surface area contributed by atoms with Crippen LogP contribution in [0.15, 0.2) is 48.5 Å². The van der Waals surface area contributed by atoms with E-state index in [2.05, 4.69) is 0 Å². The van der Waals surface area contributed by atoms with E-state index in [4.69, 9.17) is 27.9 Å². The predicted molar refractivity (Wildman–Crippen MR) is 84.4 cm³/mol. The quantitative estimate of drug-likeness (QED) is 0.631. The predicted octanol–water partition coefficient (Wildman–Crippen LogP) is 5.77. The molecule has 0 bridgehead atoms. The average molecular weight is 361 g/mol. The Morgan fingerprint density at radius 1 is 0.870 bits per heavy atom. The molecule has 2 aromatic carbocycles. The second-order valence-electron chi connectivity index (χ2n) is 5.52. The Kier molecular flexibility index (Phi) is 4.01. The summed E-state index contributed by atoms with van der Waals surface area (Å²) in [6.45, 7) is 0. The normalized spacial score (nSPS) is 22.7. The Hall–Kier alpha value is -1.39. The van der Waals surface area contributed by atoms with E-state index in [0.29, 0.717) is 5.56 Å². The molecule has 1 aliphatic rings. The van der Waals surface area contributed by atoms with Gasteiger partial charge in [-0.15, -0.1) is 23.2 Å². The minimum absolute atomic E-state index is 0.159. The summed E-state index contributed by atoms with van der Waals surface area (Å²) in [6, 6.07) is 12.3. The van der Waals surface area contributed by atoms with Crippen LogP contribution in [0.1, 0.15) is 28.5 Å². The first kappa shape index (κ1) is 16.5. The SMILES string of the molecule is COc1ccc([C@@H]2[C@@H](c3ccc(C(F)(F)F)cc3)C2(Cl)Cl)cc1. The molecule has 2 aromatic rings. The van der Waals surface area contributed by atoms with Crippen molar-refractivity contribution >= 4 is 23.2 Å². The highest BCUT2D eigenvalue weighted by molar-refractivity contribution is 6.52. The van der Waals surface area contributed by atoms with E-state index < -0.39 is 16.1 Å². The molecule has 0 unspecified atom stereocenters. The number of ether oxygens (including phenoxy) is 1. The molecule has 0 aromatic heterocycles. The van der Waals surface area contributed by atoms with Gasteiger partial charge in [0.2, 0.25) is 0 Å². The van der Waals surface area contributed by atoms with Crippen molar-refractivity contribution in [2.45, 2.75) is 22.3 Å². The van der Waals surface area contributed by atoms with Crippen LogP contribution in [0.2, 0.25) is 0 Å². The zero-order chi connectivity index (χ0) is 16.8. The van der Waals surface area contributed by atoms with Crippen LogP contribution < -0.4 is 4.74 Å². The zero-order valence-electron chi connectivity index (χ0n) is 12.1. The fraction of sp³-hybridized carbons (Fsp3) is 0.294. The number of halogens is 5. The van der Waals surface area contributed by atoms with Crippen LogP contribution in [0.4, 0.5) is 13.2 Å². The van der Waals surface area contributed by atoms with Crippen molar-refractivity contribution in [3.05, 3.63) is 65.2 Å². The van der Waals surface area contributed by atoms with Crippen LogP contribution in [0.25, 0.3) is 0 Å². The van der Waals surface area contributed by atoms with Gasteiger partial charge in [0.15, 0.2) is 0 Å². The maximum absolute atomic E-state index is 12.6. The molecular formula is C17H13Cl2F3O. The topological polar surface area (TPSA) is 9.23 Å². The molecular weight excluding hydrogens is 348 g/mol. The van der Waals surface area contributed by atoms with Gasteiger partial charge in [0.25, 0.3) is 0 Å². The first-order chi connectivity index (χ1) is 10.7. The molecule has 0 amide bonds. The van der Waals surface area contributed by atoms with Gasteiger partial charge >= 0.3 is 6.18 Å². The molecule has 3 rings (SSSR count). The van der Waals surface area contributed by atoms with Crippen LogP contribution in [0, 0.1) is 0 Å². The van der Waals surface area contributed by atoms with E-state index in [1.807, 2.05) is 12.1 Å². The number of alkyl halides is 5. The standard InChI is InChI=1S/C17H13Cl2F3O/c1-23-13-8-4-11(5-9-13)15-14(16(15,18)19)10-2-6-12(7-3-10)17(20,21)22/h2-9,14-15H,1H3/t14-,15-/m1/s1. The third-order valence-corrected chi connectivity index (χ3v) is 5.07. The third kappa shape index (κ3) is 3.02. The Morgan fingerprint density at radius 3 is 1.70 bits per heavy atom. The first-order valence-electron chi connectivity index (χ1n) is 6.94. The number of hydrogen-bond acceptors (Lipinski definition) is 1. The lowest BCUT2D eigenvalue weighted by Gasteiger charge is -2.07. The van der Waals surface area contributed by atoms with Gasteiger partial charge in [0.1, 0.15) is 10.1 Å². The van der Waals surface area contributed by atoms with E-state index >= 15 is 0 Å². The molecule has 0 saturated heterocycles. The Bertz CT molecular complexity index is 693. The maximum atomic E-state index is 12.6. The van der Waals surface area contributed by atoms with Gasteiger partial charge in [-0.05, 0) is 35.4 Å². The molecule has 0 heterocycles. The molecule has 0 radical (unpaired) electrons. The number of hydrogen-bond donors (Lipinski definition) is 0. The lowest BCUT2D eigenvalue weighted by atomic mass is 10.0. The van der Waals surface area contributed by atoms with Crippen molar-refractivity contribution < 1.29 is 17.9 Å². The molecule has 0 aliphatic heterocycles. The summed E-state index contributed by atoms with van der Waals surface area (Å²) in [5.41, 5.74) is 0.946. The van der Waals surface area contributed by atoms with Crippen LogP contribution >= 0.6 is 23.2 Å². The summed E-state index contributed by atoms with van der Waals surface area (Å²) >= 11 is 12.7. The molecule has 0 spiro atoms. The van der Waals surface area contributed by atoms with Crippen molar-refractivity contribution in [2.75, 3.05) is 7.11 Å². The van der Waals surface area contributed by atoms with Gasteiger partial charge in [0, 0.05) is 11.8 Å². The molecule has 6 heteroatoms. The molecule has 0 N–H and O–H groups in total. The van der Waals surface area contributed by atoms with Crippen molar-refractivity contribution in [2.24, 2.45) is 0 Å². The molecule has 122 valence electrons. The van der Waals surface area contributed by atoms with Gasteiger partial charge in [0.05, 0.1) is 12.7 Å². The summed E-state index contributed by atoms with van der Waals surface area (Å²) in [4.78, 5) is 0. The minimum atomic E-state index is -4.35. The van der Waals surface area contributed by atoms with Gasteiger partial charge in [-0.3, -0.25) is 0 Å². The number of rotatable bonds is 3. The lowest BCUT2D eigenvalue weighted by molar-refractivity contribution is -0.137. The number of benzene rings is 2. The fourth-order valence-corrected chi connectivity index (χ4v) is 3.73. The Labute approximate surface area is 142 Å². The molecule has 1 aliphatic carbocycles. The zero-order valence-corrected chi connectivity index (χ0v) is 13.6. The highest BCUT2D eigenvalue weighted by Crippen LogP contribution is 2.70. The highest BCUT2D eigenvalue weighted by atomic mass is 35.5. The Balaban J connectivity index is 1.85. The van der Waals surface area contributed by atoms with Crippen molar-refractivity contribution in [3.63, 3.8) is 0 Å². The third-order valence-electron chi connectivity index (χ3n) is 4.13. The van der Waals surface area contributed by atoms with Gasteiger partial charge in [-0.2, -0.15) is 13.2 Å². The summed E-state index contributed by atoms with van der Waals surface area (Å²) in [7, 11) is 1.57. The second-order valence-corrected chi connectivity index (χ2v) is 6.97. The maximum Gasteiger partial charge on any atom is 0.416 e. The van der Waals surface area contributed by atoms with Crippen molar-refractivity contribution in [1.82, 2.24) is 0 Å². The van der Waals surface area contributed by atoms with E-state index in [1.165, 1.54) is 12.1 Å². The Morgan fingerprint density at radius 2 is 1.30 bits per heavy atom. The first-order valence-corrected chi connectivity index (χ1v) is 7.69. The molecule has 1 nitrogen and oxygen atoms in total. The summed E-state index contributed by atoms with van der Waals surface area (Å²) in [5, 5.41) is 0. The largest absolute Gasteiger partial charge is 0.497 e. The second kappa shape index (κ2) is 5.60. The van der Waals surface area contributed by atoms with Crippen molar-refractivity contribution in [3.8, 4) is 5.75 Å². The monoisotopic (exact) mass is 360 g/mol. The smallest absolute Gasteiger partial charge is 0.416 e. The van der Waals surface area contributed by atoms with E-state index in [9.17, 15) is 13.2 Å². The van der Waals surface area contributed by atoms with Gasteiger partial charge < -0.3 is 4.74 Å². The van der Waals surface area contributed by atoms with E-state index in [-0.39, 0.29) is 11.8 Å². The fourth-order valence-electron chi connectivity index (χ4n) is 2.85. The average Bonchev–Trinajstić information content (AvgIpc) is 3.09. The van der Waals surface area contributed by atoms with Crippen LogP contribution in [0.5, 0.6) is 5.75 Å². The van der Waals surface area contributed by atoms with Crippen LogP contribution in [-0.2, 0) is 6.18 Å². The summed E-state index contributed by atoms with van der Waals surface area (Å²) in [6.07, 6.45) is -4.35. The lowest BCUT2D eigenvalue weighted by Crippen LogP contribution is -2.04. The van der Waals surface area contributed by atoms with Gasteiger partial charge in [-0.25, -0.2) is 0 Å². The summed E-state index contributed by atoms with van der Waals surface area (Å²) in [5.74, 6) is 0.324. The van der Waals surface area contributed by atoms with Crippen LogP contribution in [0.3, 0.4) is 0 Å². The minimum Gasteiger partial charge on any atom is -0.497 e. The van der Waals surface area contributed by atoms with E-state index in [1.54, 1.807) is 19.2 Å². The van der Waals surface area contributed by atoms with E-state index in [0.717, 1.165) is 23.4 Å². The molecule has 1 fully saturated rings. The molecule has 23 heavy (non-hydrogen) atoms. The summed E-state index contributed by atoms with van der Waals surface area (Å²) < 4.78 is 42.0. The van der Waals surface area contributed by atoms with Crippen molar-refractivity contribution in [1.29, 1.82) is 0 Å².